The average molecular weight is 325 g/mol. The van der Waals surface area contributed by atoms with E-state index in [-0.39, 0.29) is 0 Å². The average Bonchev–Trinajstić information content (AvgIpc) is 2.39. The highest BCUT2D eigenvalue weighted by Crippen LogP contribution is 2.27. The van der Waals surface area contributed by atoms with Crippen molar-refractivity contribution in [3.05, 3.63) is 60.2 Å². The molecule has 0 aliphatic carbocycles. The van der Waals surface area contributed by atoms with Crippen LogP contribution in [0.5, 0.6) is 0 Å². The van der Waals surface area contributed by atoms with E-state index in [1.165, 1.54) is 15.4 Å². The van der Waals surface area contributed by atoms with Gasteiger partial charge in [0.15, 0.2) is 0 Å². The number of hydrogen-bond donors (Lipinski definition) is 0. The molecule has 0 N–H and O–H groups in total. The van der Waals surface area contributed by atoms with Gasteiger partial charge in [-0.1, -0.05) is 52.3 Å². The van der Waals surface area contributed by atoms with Gasteiger partial charge in [-0.15, -0.1) is 0 Å². The summed E-state index contributed by atoms with van der Waals surface area (Å²) in [6.07, 6.45) is 1.12. The molecule has 0 aliphatic rings. The zero-order valence-electron chi connectivity index (χ0n) is 9.30. The second-order valence-electron chi connectivity index (χ2n) is 3.62. The molecule has 2 aromatic carbocycles. The van der Waals surface area contributed by atoms with Crippen LogP contribution in [0.4, 0.5) is 0 Å². The first-order valence-electron chi connectivity index (χ1n) is 5.44. The van der Waals surface area contributed by atoms with Crippen LogP contribution in [-0.4, -0.2) is 5.75 Å². The second kappa shape index (κ2) is 7.14. The third-order valence-corrected chi connectivity index (χ3v) is 4.72. The third-order valence-electron chi connectivity index (χ3n) is 2.37. The van der Waals surface area contributed by atoms with E-state index in [1.807, 2.05) is 6.07 Å². The third kappa shape index (κ3) is 4.41. The van der Waals surface area contributed by atoms with Crippen molar-refractivity contribution in [2.24, 2.45) is 0 Å². The van der Waals surface area contributed by atoms with E-state index in [4.69, 9.17) is 0 Å². The van der Waals surface area contributed by atoms with E-state index in [2.05, 4.69) is 63.3 Å². The maximum atomic E-state index is 3.38. The summed E-state index contributed by atoms with van der Waals surface area (Å²) in [7, 11) is 1.71. The van der Waals surface area contributed by atoms with Crippen LogP contribution < -0.4 is 0 Å². The highest BCUT2D eigenvalue weighted by Gasteiger charge is 1.97. The van der Waals surface area contributed by atoms with E-state index in [0.717, 1.165) is 12.2 Å². The molecular formula is C14H13BrS2. The highest BCUT2D eigenvalue weighted by atomic mass is 79.9. The molecule has 2 aromatic rings. The van der Waals surface area contributed by atoms with Crippen molar-refractivity contribution < 1.29 is 0 Å². The maximum Gasteiger partial charge on any atom is 0.0122 e. The van der Waals surface area contributed by atoms with Crippen LogP contribution in [0.15, 0.2) is 64.4 Å². The minimum atomic E-state index is 1.12. The van der Waals surface area contributed by atoms with Gasteiger partial charge in [0.05, 0.1) is 0 Å². The van der Waals surface area contributed by atoms with Crippen molar-refractivity contribution >= 4 is 36.8 Å². The number of aryl methyl sites for hydroxylation is 1. The fourth-order valence-electron chi connectivity index (χ4n) is 1.51. The lowest BCUT2D eigenvalue weighted by molar-refractivity contribution is 1.15. The lowest BCUT2D eigenvalue weighted by Gasteiger charge is -2.03. The summed E-state index contributed by atoms with van der Waals surface area (Å²) in [5, 5.41) is 0. The monoisotopic (exact) mass is 324 g/mol. The lowest BCUT2D eigenvalue weighted by Crippen LogP contribution is -1.86. The first-order chi connectivity index (χ1) is 8.38. The molecule has 0 fully saturated rings. The smallest absolute Gasteiger partial charge is 0.0122 e. The summed E-state index contributed by atoms with van der Waals surface area (Å²) < 4.78 is 0. The van der Waals surface area contributed by atoms with Crippen molar-refractivity contribution in [2.75, 3.05) is 5.75 Å². The summed E-state index contributed by atoms with van der Waals surface area (Å²) in [4.78, 5) is 2.59. The molecule has 0 saturated carbocycles. The molecule has 0 amide bonds. The minimum absolute atomic E-state index is 1.12. The molecule has 0 atom stereocenters. The Morgan fingerprint density at radius 3 is 2.12 bits per heavy atom. The number of benzene rings is 2. The van der Waals surface area contributed by atoms with Gasteiger partial charge in [-0.25, -0.2) is 0 Å². The molecular weight excluding hydrogens is 312 g/mol. The van der Waals surface area contributed by atoms with Gasteiger partial charge < -0.3 is 0 Å². The molecule has 0 aromatic heterocycles. The molecule has 88 valence electrons. The standard InChI is InChI=1S/C14H13BrS2/c15-16-11-10-12-6-8-14(9-7-12)17-13-4-2-1-3-5-13/h1-9H,10-11H2. The highest BCUT2D eigenvalue weighted by molar-refractivity contribution is 9.50. The van der Waals surface area contributed by atoms with Crippen molar-refractivity contribution in [3.63, 3.8) is 0 Å². The number of halogens is 1. The van der Waals surface area contributed by atoms with Crippen LogP contribution in [0.2, 0.25) is 0 Å². The van der Waals surface area contributed by atoms with Crippen molar-refractivity contribution in [1.82, 2.24) is 0 Å². The molecule has 0 aliphatic heterocycles. The van der Waals surface area contributed by atoms with Gasteiger partial charge in [-0.3, -0.25) is 0 Å². The van der Waals surface area contributed by atoms with Gasteiger partial charge in [-0.2, -0.15) is 0 Å². The molecule has 0 radical (unpaired) electrons. The van der Waals surface area contributed by atoms with Crippen LogP contribution in [0.25, 0.3) is 0 Å². The van der Waals surface area contributed by atoms with E-state index in [0.29, 0.717) is 0 Å². The van der Waals surface area contributed by atoms with Crippen LogP contribution in [0, 0.1) is 0 Å². The Bertz CT molecular complexity index is 440. The second-order valence-corrected chi connectivity index (χ2v) is 6.77. The predicted molar refractivity (Wildman–Crippen MR) is 82.1 cm³/mol. The van der Waals surface area contributed by atoms with Crippen LogP contribution in [-0.2, 0) is 6.42 Å². The van der Waals surface area contributed by atoms with Crippen molar-refractivity contribution in [3.8, 4) is 0 Å². The van der Waals surface area contributed by atoms with E-state index in [1.54, 1.807) is 22.0 Å². The van der Waals surface area contributed by atoms with Crippen LogP contribution in [0.3, 0.4) is 0 Å². The Morgan fingerprint density at radius 2 is 1.47 bits per heavy atom. The summed E-state index contributed by atoms with van der Waals surface area (Å²) in [5.74, 6) is 1.12. The van der Waals surface area contributed by atoms with E-state index >= 15 is 0 Å². The number of rotatable bonds is 5. The first kappa shape index (κ1) is 13.1. The maximum absolute atomic E-state index is 3.38. The van der Waals surface area contributed by atoms with E-state index in [9.17, 15) is 0 Å². The lowest BCUT2D eigenvalue weighted by atomic mass is 10.2. The van der Waals surface area contributed by atoms with Crippen molar-refractivity contribution in [1.29, 1.82) is 0 Å². The summed E-state index contributed by atoms with van der Waals surface area (Å²) >= 11 is 5.18. The van der Waals surface area contributed by atoms with Gasteiger partial charge >= 0.3 is 0 Å². The number of hydrogen-bond acceptors (Lipinski definition) is 2. The first-order valence-corrected chi connectivity index (χ1v) is 9.08. The zero-order valence-corrected chi connectivity index (χ0v) is 12.5. The van der Waals surface area contributed by atoms with Crippen LogP contribution >= 0.6 is 36.8 Å². The minimum Gasteiger partial charge on any atom is -0.0901 e. The van der Waals surface area contributed by atoms with Gasteiger partial charge in [0, 0.05) is 15.5 Å². The predicted octanol–water partition coefficient (Wildman–Crippen LogP) is 5.42. The molecule has 0 bridgehead atoms. The zero-order chi connectivity index (χ0) is 11.9. The van der Waals surface area contributed by atoms with Gasteiger partial charge in [0.2, 0.25) is 0 Å². The fourth-order valence-corrected chi connectivity index (χ4v) is 3.14. The van der Waals surface area contributed by atoms with Gasteiger partial charge in [-0.05, 0) is 51.1 Å². The molecule has 2 rings (SSSR count). The van der Waals surface area contributed by atoms with E-state index < -0.39 is 0 Å². The largest absolute Gasteiger partial charge is 0.0901 e. The topological polar surface area (TPSA) is 0 Å². The van der Waals surface area contributed by atoms with Gasteiger partial charge in [0.25, 0.3) is 0 Å². The molecule has 0 saturated heterocycles. The quantitative estimate of drug-likeness (QED) is 0.719. The fraction of sp³-hybridized carbons (Fsp3) is 0.143. The Balaban J connectivity index is 1.98. The van der Waals surface area contributed by atoms with Crippen LogP contribution in [0.1, 0.15) is 5.56 Å². The van der Waals surface area contributed by atoms with Crippen molar-refractivity contribution in [2.45, 2.75) is 16.2 Å². The molecule has 0 nitrogen and oxygen atoms in total. The Hall–Kier alpha value is -0.380. The Labute approximate surface area is 118 Å². The molecule has 0 unspecified atom stereocenters. The summed E-state index contributed by atoms with van der Waals surface area (Å²) in [6.45, 7) is 0. The Morgan fingerprint density at radius 1 is 0.824 bits per heavy atom. The SMILES string of the molecule is BrSCCc1ccc(Sc2ccccc2)cc1. The summed E-state index contributed by atoms with van der Waals surface area (Å²) in [6, 6.07) is 19.3. The summed E-state index contributed by atoms with van der Waals surface area (Å²) in [5.41, 5.74) is 1.40. The molecule has 3 heteroatoms. The Kier molecular flexibility index (Phi) is 5.49. The molecule has 0 spiro atoms. The van der Waals surface area contributed by atoms with Gasteiger partial charge in [0.1, 0.15) is 0 Å². The molecule has 0 heterocycles. The molecule has 17 heavy (non-hydrogen) atoms. The normalized spacial score (nSPS) is 10.4.